The van der Waals surface area contributed by atoms with Crippen molar-refractivity contribution in [2.24, 2.45) is 5.16 Å². The third-order valence-electron chi connectivity index (χ3n) is 6.44. The Bertz CT molecular complexity index is 1490. The zero-order valence-corrected chi connectivity index (χ0v) is 22.6. The van der Waals surface area contributed by atoms with Crippen LogP contribution in [0.2, 0.25) is 0 Å². The van der Waals surface area contributed by atoms with Crippen LogP contribution in [0.1, 0.15) is 27.1 Å². The van der Waals surface area contributed by atoms with Gasteiger partial charge in [-0.3, -0.25) is 4.79 Å². The number of carbonyl (C=O) groups excluding carboxylic acids is 1. The van der Waals surface area contributed by atoms with Gasteiger partial charge >= 0.3 is 5.97 Å². The normalized spacial score (nSPS) is 18.6. The van der Waals surface area contributed by atoms with Crippen LogP contribution in [0.25, 0.3) is 10.9 Å². The number of hydrogen-bond acceptors (Lipinski definition) is 13. The van der Waals surface area contributed by atoms with Crippen LogP contribution in [0.15, 0.2) is 47.8 Å². The lowest BCUT2D eigenvalue weighted by atomic mass is 9.83. The van der Waals surface area contributed by atoms with Gasteiger partial charge in [-0.05, 0) is 44.2 Å². The van der Waals surface area contributed by atoms with Gasteiger partial charge in [0.25, 0.3) is 12.0 Å². The van der Waals surface area contributed by atoms with Crippen LogP contribution in [0.3, 0.4) is 0 Å². The summed E-state index contributed by atoms with van der Waals surface area (Å²) in [5.74, 6) is -0.904. The highest BCUT2D eigenvalue weighted by Crippen LogP contribution is 2.26. The lowest BCUT2D eigenvalue weighted by Crippen LogP contribution is -2.69. The Hall–Kier alpha value is -4.50. The van der Waals surface area contributed by atoms with Gasteiger partial charge in [0.15, 0.2) is 5.13 Å². The number of benzene rings is 1. The molecule has 218 valence electrons. The molecule has 3 aromatic rings. The van der Waals surface area contributed by atoms with Crippen LogP contribution in [0.4, 0.5) is 10.9 Å². The predicted molar refractivity (Wildman–Crippen MR) is 156 cm³/mol. The van der Waals surface area contributed by atoms with Crippen LogP contribution in [0.5, 0.6) is 5.75 Å². The van der Waals surface area contributed by atoms with Crippen molar-refractivity contribution >= 4 is 51.0 Å². The summed E-state index contributed by atoms with van der Waals surface area (Å²) in [6.07, 6.45) is -1.54. The van der Waals surface area contributed by atoms with Crippen molar-refractivity contribution < 1.29 is 24.3 Å². The minimum absolute atomic E-state index is 0. The summed E-state index contributed by atoms with van der Waals surface area (Å²) in [7, 11) is 0. The molecule has 1 unspecified atom stereocenters. The molecule has 0 spiro atoms. The van der Waals surface area contributed by atoms with Gasteiger partial charge < -0.3 is 41.7 Å². The molecule has 2 aromatic heterocycles. The van der Waals surface area contributed by atoms with Crippen molar-refractivity contribution in [1.82, 2.24) is 30.3 Å². The van der Waals surface area contributed by atoms with E-state index in [-0.39, 0.29) is 30.7 Å². The number of nitrogens with two attached hydrogens (primary N) is 1. The number of carbonyl (C=O) groups is 2. The molecule has 1 aromatic carbocycles. The summed E-state index contributed by atoms with van der Waals surface area (Å²) in [5, 5.41) is 26.9. The van der Waals surface area contributed by atoms with Crippen LogP contribution in [0, 0.1) is 0 Å². The lowest BCUT2D eigenvalue weighted by molar-refractivity contribution is -0.152. The number of aromatic nitrogens is 3. The number of rotatable bonds is 11. The molecule has 2 fully saturated rings. The van der Waals surface area contributed by atoms with Gasteiger partial charge in [0.2, 0.25) is 11.5 Å². The molecule has 7 N–H and O–H groups in total. The number of hydrogen-bond donors (Lipinski definition) is 6. The molecule has 0 bridgehead atoms. The molecule has 2 aliphatic heterocycles. The monoisotopic (exact) mass is 583 g/mol. The maximum Gasteiger partial charge on any atom is 0.351 e. The highest BCUT2D eigenvalue weighted by atomic mass is 32.1. The number of aliphatic carboxylic acids is 1. The summed E-state index contributed by atoms with van der Waals surface area (Å²) < 4.78 is 9.72. The van der Waals surface area contributed by atoms with Gasteiger partial charge in [0.05, 0.1) is 23.1 Å². The second-order valence-corrected chi connectivity index (χ2v) is 10.8. The summed E-state index contributed by atoms with van der Waals surface area (Å²) in [6, 6.07) is 8.98. The molecule has 2 aliphatic rings. The van der Waals surface area contributed by atoms with E-state index in [2.05, 4.69) is 47.3 Å². The molecule has 1 amide bonds. The van der Waals surface area contributed by atoms with Crippen molar-refractivity contribution in [1.29, 1.82) is 0 Å². The highest BCUT2D eigenvalue weighted by Gasteiger charge is 2.43. The zero-order valence-electron chi connectivity index (χ0n) is 21.8. The molecule has 5 rings (SSSR count). The van der Waals surface area contributed by atoms with Crippen LogP contribution < -0.4 is 31.7 Å². The number of nitrogens with one attached hydrogen (secondary N) is 4. The third-order valence-corrected chi connectivity index (χ3v) is 6.98. The van der Waals surface area contributed by atoms with Crippen molar-refractivity contribution in [3.63, 3.8) is 0 Å². The number of pyridine rings is 1. The average Bonchev–Trinajstić information content (AvgIpc) is 3.31. The fourth-order valence-corrected chi connectivity index (χ4v) is 4.64. The molecular weight excluding hydrogens is 550 g/mol. The molecule has 14 nitrogen and oxygen atoms in total. The number of oxime groups is 1. The summed E-state index contributed by atoms with van der Waals surface area (Å²) in [5.41, 5.74) is 6.30. The molecule has 2 saturated heterocycles. The molecule has 41 heavy (non-hydrogen) atoms. The number of ether oxygens (including phenoxy) is 1. The molecular formula is C26H33N9O5S. The second kappa shape index (κ2) is 11.9. The Morgan fingerprint density at radius 1 is 1.29 bits per heavy atom. The Morgan fingerprint density at radius 3 is 2.68 bits per heavy atom. The van der Waals surface area contributed by atoms with Crippen molar-refractivity contribution in [2.75, 3.05) is 30.7 Å². The maximum absolute atomic E-state index is 13.1. The number of nitrogens with zero attached hydrogens (tertiary/aromatic N) is 4. The number of fused-ring (bicyclic) bond motifs is 1. The van der Waals surface area contributed by atoms with Gasteiger partial charge in [-0.1, -0.05) is 19.2 Å². The Morgan fingerprint density at radius 2 is 2.07 bits per heavy atom. The first-order valence-electron chi connectivity index (χ1n) is 12.4. The minimum Gasteiger partial charge on any atom is -0.489 e. The highest BCUT2D eigenvalue weighted by molar-refractivity contribution is 7.09. The molecule has 4 heterocycles. The summed E-state index contributed by atoms with van der Waals surface area (Å²) >= 11 is 0.863. The zero-order chi connectivity index (χ0) is 28.4. The van der Waals surface area contributed by atoms with Crippen molar-refractivity contribution in [2.45, 2.75) is 45.0 Å². The van der Waals surface area contributed by atoms with E-state index in [0.29, 0.717) is 17.5 Å². The Kier molecular flexibility index (Phi) is 8.58. The van der Waals surface area contributed by atoms with E-state index in [1.165, 1.54) is 0 Å². The van der Waals surface area contributed by atoms with E-state index in [1.807, 2.05) is 26.0 Å². The van der Waals surface area contributed by atoms with Gasteiger partial charge in [0, 0.05) is 35.7 Å². The quantitative estimate of drug-likeness (QED) is 0.140. The van der Waals surface area contributed by atoms with E-state index in [0.717, 1.165) is 41.3 Å². The first-order valence-corrected chi connectivity index (χ1v) is 13.2. The number of carboxylic acids is 1. The van der Waals surface area contributed by atoms with Crippen molar-refractivity contribution in [3.05, 3.63) is 48.4 Å². The average molecular weight is 584 g/mol. The summed E-state index contributed by atoms with van der Waals surface area (Å²) in [4.78, 5) is 38.9. The van der Waals surface area contributed by atoms with Gasteiger partial charge in [-0.25, -0.2) is 9.78 Å². The second-order valence-electron chi connectivity index (χ2n) is 9.97. The van der Waals surface area contributed by atoms with Crippen LogP contribution >= 0.6 is 11.5 Å². The smallest absolute Gasteiger partial charge is 0.351 e. The van der Waals surface area contributed by atoms with E-state index >= 15 is 0 Å². The SMILES string of the molecule is C.C=C1NC(C)(C)[C@@H]1NC(=O)/C(=N\OC(COc1ccc2nc(NC3CNC3)ccc2c1)C(=O)O)c1nsc(N)n1. The molecule has 0 aliphatic carbocycles. The van der Waals surface area contributed by atoms with Gasteiger partial charge in [-0.15, -0.1) is 0 Å². The number of anilines is 2. The first kappa shape index (κ1) is 29.5. The van der Waals surface area contributed by atoms with Crippen LogP contribution in [-0.4, -0.2) is 80.5 Å². The largest absolute Gasteiger partial charge is 0.489 e. The van der Waals surface area contributed by atoms with E-state index in [1.54, 1.807) is 18.2 Å². The third kappa shape index (κ3) is 6.63. The molecule has 0 saturated carbocycles. The molecule has 0 radical (unpaired) electrons. The molecule has 15 heteroatoms. The standard InChI is InChI=1S/C25H29N9O5S.CH4/c1-12-20(25(2,3)32-12)30-22(35)19(21-31-24(26)40-34-21)33-39-17(23(36)37)11-38-15-5-6-16-13(8-15)4-7-18(29-16)28-14-9-27-10-14;/h4-8,14,17,20,27,32H,1,9-11H2,2-3H3,(H,28,29)(H,30,35)(H,36,37)(H2,26,31,34);1H4/b33-19-;/t17?,20-;/m1./s1. The van der Waals surface area contributed by atoms with Crippen molar-refractivity contribution in [3.8, 4) is 5.75 Å². The Balaban J connectivity index is 0.00000387. The number of carboxylic acid groups (broad SMARTS) is 1. The van der Waals surface area contributed by atoms with Crippen LogP contribution in [-0.2, 0) is 14.4 Å². The van der Waals surface area contributed by atoms with E-state index < -0.39 is 29.6 Å². The maximum atomic E-state index is 13.1. The number of nitrogen functional groups attached to an aromatic ring is 1. The van der Waals surface area contributed by atoms with E-state index in [9.17, 15) is 14.7 Å². The lowest BCUT2D eigenvalue weighted by Gasteiger charge is -2.48. The van der Waals surface area contributed by atoms with Gasteiger partial charge in [0.1, 0.15) is 18.2 Å². The fraction of sp³-hybridized carbons (Fsp3) is 0.385. The Labute approximate surface area is 240 Å². The topological polar surface area (TPSA) is 198 Å². The first-order chi connectivity index (χ1) is 19.1. The fourth-order valence-electron chi connectivity index (χ4n) is 4.21. The predicted octanol–water partition coefficient (Wildman–Crippen LogP) is 1.32. The van der Waals surface area contributed by atoms with Gasteiger partial charge in [-0.2, -0.15) is 9.36 Å². The summed E-state index contributed by atoms with van der Waals surface area (Å²) in [6.45, 7) is 9.06. The molecule has 2 atom stereocenters. The van der Waals surface area contributed by atoms with E-state index in [4.69, 9.17) is 15.3 Å². The number of amides is 1. The minimum atomic E-state index is -1.54.